The minimum atomic E-state index is -0.602. The van der Waals surface area contributed by atoms with Gasteiger partial charge in [0.2, 0.25) is 17.7 Å². The molecule has 0 saturated heterocycles. The molecule has 3 amide bonds. The summed E-state index contributed by atoms with van der Waals surface area (Å²) in [6.07, 6.45) is 5.14. The normalized spacial score (nSPS) is 11.9. The lowest BCUT2D eigenvalue weighted by Crippen LogP contribution is -2.36. The fourth-order valence-corrected chi connectivity index (χ4v) is 3.29. The number of hydroxylamine groups is 1. The van der Waals surface area contributed by atoms with Crippen molar-refractivity contribution in [2.24, 2.45) is 11.8 Å². The van der Waals surface area contributed by atoms with Crippen molar-refractivity contribution in [1.29, 1.82) is 0 Å². The number of nitrogens with one attached hydrogen (secondary N) is 3. The maximum atomic E-state index is 12.3. The van der Waals surface area contributed by atoms with E-state index in [1.54, 1.807) is 27.9 Å². The van der Waals surface area contributed by atoms with Gasteiger partial charge in [0.25, 0.3) is 0 Å². The van der Waals surface area contributed by atoms with E-state index in [9.17, 15) is 14.4 Å². The second kappa shape index (κ2) is 12.0. The first-order valence-corrected chi connectivity index (χ1v) is 10.6. The molecule has 0 bridgehead atoms. The van der Waals surface area contributed by atoms with Gasteiger partial charge in [-0.2, -0.15) is 0 Å². The van der Waals surface area contributed by atoms with Crippen LogP contribution in [0.2, 0.25) is 0 Å². The molecule has 1 unspecified atom stereocenters. The van der Waals surface area contributed by atoms with Gasteiger partial charge in [-0.1, -0.05) is 19.1 Å². The summed E-state index contributed by atoms with van der Waals surface area (Å²) in [4.78, 5) is 39.5. The molecule has 0 radical (unpaired) electrons. The number of aryl methyl sites for hydroxylation is 1. The highest BCUT2D eigenvalue weighted by atomic mass is 32.1. The third kappa shape index (κ3) is 7.87. The maximum absolute atomic E-state index is 12.3. The van der Waals surface area contributed by atoms with Gasteiger partial charge in [0.1, 0.15) is 5.69 Å². The summed E-state index contributed by atoms with van der Waals surface area (Å²) in [7, 11) is 0. The Hall–Kier alpha value is -2.86. The number of hydrogen-bond acceptors (Lipinski definition) is 8. The molecule has 4 N–H and O–H groups in total. The zero-order valence-corrected chi connectivity index (χ0v) is 17.8. The quantitative estimate of drug-likeness (QED) is 0.222. The van der Waals surface area contributed by atoms with Crippen molar-refractivity contribution in [3.05, 3.63) is 23.5 Å². The van der Waals surface area contributed by atoms with Crippen molar-refractivity contribution in [1.82, 2.24) is 30.8 Å². The van der Waals surface area contributed by atoms with E-state index in [0.717, 1.165) is 6.42 Å². The molecule has 1 atom stereocenters. The van der Waals surface area contributed by atoms with E-state index in [2.05, 4.69) is 25.9 Å². The van der Waals surface area contributed by atoms with Crippen LogP contribution in [0.1, 0.15) is 45.2 Å². The summed E-state index contributed by atoms with van der Waals surface area (Å²) in [6.45, 7) is 4.47. The summed E-state index contributed by atoms with van der Waals surface area (Å²) < 4.78 is 1.67. The summed E-state index contributed by atoms with van der Waals surface area (Å²) in [5.41, 5.74) is 2.15. The number of hydrogen-bond donors (Lipinski definition) is 4. The van der Waals surface area contributed by atoms with Gasteiger partial charge in [-0.3, -0.25) is 24.3 Å². The van der Waals surface area contributed by atoms with Crippen LogP contribution < -0.4 is 16.1 Å². The van der Waals surface area contributed by atoms with Crippen LogP contribution >= 0.6 is 11.3 Å². The molecule has 0 saturated carbocycles. The van der Waals surface area contributed by atoms with E-state index in [-0.39, 0.29) is 30.7 Å². The molecule has 0 aromatic carbocycles. The lowest BCUT2D eigenvalue weighted by molar-refractivity contribution is -0.136. The van der Waals surface area contributed by atoms with Crippen LogP contribution in [0.3, 0.4) is 0 Å². The van der Waals surface area contributed by atoms with E-state index in [4.69, 9.17) is 5.21 Å². The van der Waals surface area contributed by atoms with Crippen molar-refractivity contribution in [2.45, 2.75) is 52.6 Å². The predicted molar refractivity (Wildman–Crippen MR) is 109 cm³/mol. The van der Waals surface area contributed by atoms with Crippen LogP contribution in [-0.4, -0.2) is 42.9 Å². The molecule has 11 nitrogen and oxygen atoms in total. The lowest BCUT2D eigenvalue weighted by atomic mass is 9.91. The summed E-state index contributed by atoms with van der Waals surface area (Å²) >= 11 is 1.38. The Labute approximate surface area is 178 Å². The number of thiazole rings is 1. The lowest BCUT2D eigenvalue weighted by Gasteiger charge is -2.18. The average Bonchev–Trinajstić information content (AvgIpc) is 3.39. The molecule has 12 heteroatoms. The monoisotopic (exact) mass is 437 g/mol. The Kier molecular flexibility index (Phi) is 9.35. The molecule has 164 valence electrons. The molecular formula is C18H27N7O4S. The Morgan fingerprint density at radius 1 is 1.23 bits per heavy atom. The summed E-state index contributed by atoms with van der Waals surface area (Å²) in [6, 6.07) is 0. The van der Waals surface area contributed by atoms with E-state index >= 15 is 0 Å². The van der Waals surface area contributed by atoms with Crippen LogP contribution in [0.4, 0.5) is 5.13 Å². The third-order valence-corrected chi connectivity index (χ3v) is 5.11. The van der Waals surface area contributed by atoms with Crippen molar-refractivity contribution in [3.63, 3.8) is 0 Å². The molecule has 2 aromatic heterocycles. The van der Waals surface area contributed by atoms with Gasteiger partial charge >= 0.3 is 0 Å². The highest BCUT2D eigenvalue weighted by Crippen LogP contribution is 2.15. The molecule has 0 aliphatic heterocycles. The zero-order valence-electron chi connectivity index (χ0n) is 17.0. The van der Waals surface area contributed by atoms with Crippen LogP contribution in [-0.2, 0) is 27.5 Å². The van der Waals surface area contributed by atoms with Gasteiger partial charge in [0.15, 0.2) is 5.13 Å². The van der Waals surface area contributed by atoms with Crippen molar-refractivity contribution >= 4 is 34.2 Å². The largest absolute Gasteiger partial charge is 0.350 e. The van der Waals surface area contributed by atoms with Crippen molar-refractivity contribution < 1.29 is 19.6 Å². The number of unbranched alkanes of at least 4 members (excludes halogenated alkanes) is 1. The van der Waals surface area contributed by atoms with Gasteiger partial charge in [-0.25, -0.2) is 10.5 Å². The molecule has 2 aromatic rings. The molecule has 0 fully saturated rings. The molecule has 0 aliphatic carbocycles. The van der Waals surface area contributed by atoms with E-state index < -0.39 is 11.8 Å². The Balaban J connectivity index is 1.69. The number of rotatable bonds is 12. The zero-order chi connectivity index (χ0) is 21.9. The topological polar surface area (TPSA) is 151 Å². The molecule has 30 heavy (non-hydrogen) atoms. The minimum absolute atomic E-state index is 0.0641. The fourth-order valence-electron chi connectivity index (χ4n) is 2.74. The Morgan fingerprint density at radius 2 is 2.03 bits per heavy atom. The first-order valence-electron chi connectivity index (χ1n) is 9.68. The number of nitrogens with zero attached hydrogens (tertiary/aromatic N) is 4. The molecular weight excluding hydrogens is 410 g/mol. The fraction of sp³-hybridized carbons (Fsp3) is 0.556. The second-order valence-corrected chi connectivity index (χ2v) is 8.02. The number of aromatic nitrogens is 4. The van der Waals surface area contributed by atoms with Gasteiger partial charge in [0.05, 0.1) is 12.7 Å². The van der Waals surface area contributed by atoms with E-state index in [0.29, 0.717) is 30.2 Å². The molecule has 0 spiro atoms. The Bertz CT molecular complexity index is 822. The summed E-state index contributed by atoms with van der Waals surface area (Å²) in [5, 5.41) is 24.6. The van der Waals surface area contributed by atoms with Crippen molar-refractivity contribution in [3.8, 4) is 0 Å². The van der Waals surface area contributed by atoms with Gasteiger partial charge in [-0.05, 0) is 18.8 Å². The maximum Gasteiger partial charge on any atom is 0.244 e. The van der Waals surface area contributed by atoms with Crippen LogP contribution in [0.5, 0.6) is 0 Å². The average molecular weight is 438 g/mol. The molecule has 0 aliphatic rings. The van der Waals surface area contributed by atoms with E-state index in [1.807, 2.05) is 13.8 Å². The van der Waals surface area contributed by atoms with Gasteiger partial charge in [0, 0.05) is 36.9 Å². The van der Waals surface area contributed by atoms with Gasteiger partial charge in [-0.15, -0.1) is 16.4 Å². The molecule has 2 rings (SSSR count). The number of anilines is 1. The first kappa shape index (κ1) is 23.4. The second-order valence-electron chi connectivity index (χ2n) is 7.12. The van der Waals surface area contributed by atoms with Crippen LogP contribution in [0.15, 0.2) is 17.8 Å². The number of amides is 3. The van der Waals surface area contributed by atoms with E-state index in [1.165, 1.54) is 11.3 Å². The highest BCUT2D eigenvalue weighted by Gasteiger charge is 2.25. The molecule has 2 heterocycles. The highest BCUT2D eigenvalue weighted by molar-refractivity contribution is 7.13. The third-order valence-electron chi connectivity index (χ3n) is 4.42. The summed E-state index contributed by atoms with van der Waals surface area (Å²) in [5.74, 6) is -1.57. The number of carbonyl (C=O) groups excluding carboxylic acids is 3. The minimum Gasteiger partial charge on any atom is -0.350 e. The van der Waals surface area contributed by atoms with Gasteiger partial charge < -0.3 is 10.6 Å². The van der Waals surface area contributed by atoms with Crippen molar-refractivity contribution in [2.75, 3.05) is 5.32 Å². The number of carbonyl (C=O) groups is 3. The van der Waals surface area contributed by atoms with Crippen LogP contribution in [0.25, 0.3) is 0 Å². The van der Waals surface area contributed by atoms with Crippen LogP contribution in [0, 0.1) is 11.8 Å². The first-order chi connectivity index (χ1) is 14.4. The Morgan fingerprint density at radius 3 is 2.70 bits per heavy atom. The standard InChI is InChI=1S/C18H27N7O4S/c1-12(2)14(9-16(27)23-29)17(28)20-10-13-11-25(24-22-13)7-4-3-5-15(26)21-18-19-6-8-30-18/h6,8,11-12,14,29H,3-5,7,9-10H2,1-2H3,(H,20,28)(H,23,27)(H,19,21,26). The SMILES string of the molecule is CC(C)C(CC(=O)NO)C(=O)NCc1cn(CCCCC(=O)Nc2nccs2)nn1. The predicted octanol–water partition coefficient (Wildman–Crippen LogP) is 1.33. The smallest absolute Gasteiger partial charge is 0.244 e.